The summed E-state index contributed by atoms with van der Waals surface area (Å²) >= 11 is 0. The molecule has 0 unspecified atom stereocenters. The molecule has 0 radical (unpaired) electrons. The van der Waals surface area contributed by atoms with E-state index in [-0.39, 0.29) is 16.4 Å². The smallest absolute Gasteiger partial charge is 0.335 e. The van der Waals surface area contributed by atoms with E-state index in [1.165, 1.54) is 6.07 Å². The highest BCUT2D eigenvalue weighted by Crippen LogP contribution is 2.24. The summed E-state index contributed by atoms with van der Waals surface area (Å²) in [6.07, 6.45) is 1.75. The molecule has 6 nitrogen and oxygen atoms in total. The maximum Gasteiger partial charge on any atom is 0.335 e. The Morgan fingerprint density at radius 2 is 1.73 bits per heavy atom. The van der Waals surface area contributed by atoms with Crippen LogP contribution in [0.5, 0.6) is 0 Å². The van der Waals surface area contributed by atoms with Crippen molar-refractivity contribution in [3.63, 3.8) is 0 Å². The number of hydrogen-bond acceptors (Lipinski definition) is 4. The molecule has 0 saturated heterocycles. The van der Waals surface area contributed by atoms with Crippen LogP contribution in [0.4, 0.5) is 0 Å². The molecule has 0 fully saturated rings. The second-order valence-corrected chi connectivity index (χ2v) is 8.50. The van der Waals surface area contributed by atoms with Crippen LogP contribution in [0, 0.1) is 6.92 Å². The molecule has 7 heteroatoms. The molecule has 136 valence electrons. The third-order valence-electron chi connectivity index (χ3n) is 4.59. The SMILES string of the molecule is Cc1ccc(C(=O)N2CCc3ccc(C(=O)O)cc3C2)cc1S(C)(=O)=O. The second kappa shape index (κ2) is 6.57. The third-order valence-corrected chi connectivity index (χ3v) is 5.83. The van der Waals surface area contributed by atoms with E-state index in [9.17, 15) is 18.0 Å². The highest BCUT2D eigenvalue weighted by atomic mass is 32.2. The maximum atomic E-state index is 12.8. The Morgan fingerprint density at radius 1 is 1.04 bits per heavy atom. The Hall–Kier alpha value is -2.67. The number of aromatic carboxylic acids is 1. The largest absolute Gasteiger partial charge is 0.478 e. The van der Waals surface area contributed by atoms with Crippen molar-refractivity contribution in [3.05, 3.63) is 64.2 Å². The number of aryl methyl sites for hydroxylation is 1. The van der Waals surface area contributed by atoms with Crippen molar-refractivity contribution >= 4 is 21.7 Å². The lowest BCUT2D eigenvalue weighted by molar-refractivity contribution is 0.0696. The van der Waals surface area contributed by atoms with E-state index in [1.807, 2.05) is 0 Å². The van der Waals surface area contributed by atoms with Gasteiger partial charge in [-0.15, -0.1) is 0 Å². The molecule has 3 rings (SSSR count). The van der Waals surface area contributed by atoms with Gasteiger partial charge in [-0.25, -0.2) is 13.2 Å². The minimum atomic E-state index is -3.42. The fourth-order valence-electron chi connectivity index (χ4n) is 3.18. The molecular weight excluding hydrogens is 354 g/mol. The first-order valence-corrected chi connectivity index (χ1v) is 10.0. The van der Waals surface area contributed by atoms with Gasteiger partial charge in [0.1, 0.15) is 0 Å². The number of carbonyl (C=O) groups excluding carboxylic acids is 1. The van der Waals surface area contributed by atoms with Crippen molar-refractivity contribution < 1.29 is 23.1 Å². The van der Waals surface area contributed by atoms with Crippen LogP contribution in [0.2, 0.25) is 0 Å². The molecule has 0 saturated carbocycles. The van der Waals surface area contributed by atoms with E-state index >= 15 is 0 Å². The lowest BCUT2D eigenvalue weighted by Crippen LogP contribution is -2.36. The summed E-state index contributed by atoms with van der Waals surface area (Å²) in [5.74, 6) is -1.27. The van der Waals surface area contributed by atoms with Crippen LogP contribution in [0.1, 0.15) is 37.4 Å². The summed E-state index contributed by atoms with van der Waals surface area (Å²) in [4.78, 5) is 25.7. The molecule has 26 heavy (non-hydrogen) atoms. The highest BCUT2D eigenvalue weighted by molar-refractivity contribution is 7.90. The first-order valence-electron chi connectivity index (χ1n) is 8.12. The average Bonchev–Trinajstić information content (AvgIpc) is 2.59. The Kier molecular flexibility index (Phi) is 4.58. The van der Waals surface area contributed by atoms with Gasteiger partial charge in [-0.2, -0.15) is 0 Å². The molecule has 0 bridgehead atoms. The number of nitrogens with zero attached hydrogens (tertiary/aromatic N) is 1. The monoisotopic (exact) mass is 373 g/mol. The van der Waals surface area contributed by atoms with Crippen LogP contribution in [-0.2, 0) is 22.8 Å². The summed E-state index contributed by atoms with van der Waals surface area (Å²) < 4.78 is 23.8. The third kappa shape index (κ3) is 3.48. The van der Waals surface area contributed by atoms with Crippen molar-refractivity contribution in [1.29, 1.82) is 0 Å². The first-order chi connectivity index (χ1) is 12.2. The Balaban J connectivity index is 1.90. The van der Waals surface area contributed by atoms with Gasteiger partial charge in [0, 0.05) is 24.9 Å². The zero-order valence-electron chi connectivity index (χ0n) is 14.5. The number of sulfone groups is 1. The van der Waals surface area contributed by atoms with Gasteiger partial charge in [0.05, 0.1) is 10.5 Å². The number of carboxylic acid groups (broad SMARTS) is 1. The highest BCUT2D eigenvalue weighted by Gasteiger charge is 2.24. The molecule has 1 aliphatic heterocycles. The Morgan fingerprint density at radius 3 is 2.38 bits per heavy atom. The van der Waals surface area contributed by atoms with Gasteiger partial charge < -0.3 is 10.0 Å². The number of hydrogen-bond donors (Lipinski definition) is 1. The summed E-state index contributed by atoms with van der Waals surface area (Å²) in [5.41, 5.74) is 2.93. The predicted octanol–water partition coefficient (Wildman–Crippen LogP) is 2.30. The molecule has 1 heterocycles. The van der Waals surface area contributed by atoms with Crippen LogP contribution in [0.15, 0.2) is 41.3 Å². The zero-order valence-corrected chi connectivity index (χ0v) is 15.3. The van der Waals surface area contributed by atoms with Gasteiger partial charge >= 0.3 is 5.97 Å². The van der Waals surface area contributed by atoms with Gasteiger partial charge in [0.15, 0.2) is 9.84 Å². The number of amides is 1. The quantitative estimate of drug-likeness (QED) is 0.891. The normalized spacial score (nSPS) is 14.0. The van der Waals surface area contributed by atoms with E-state index in [0.29, 0.717) is 30.6 Å². The minimum Gasteiger partial charge on any atom is -0.478 e. The van der Waals surface area contributed by atoms with Crippen LogP contribution in [0.3, 0.4) is 0 Å². The second-order valence-electron chi connectivity index (χ2n) is 6.52. The lowest BCUT2D eigenvalue weighted by atomic mass is 9.97. The van der Waals surface area contributed by atoms with Gasteiger partial charge in [-0.3, -0.25) is 4.79 Å². The van der Waals surface area contributed by atoms with Crippen LogP contribution in [0.25, 0.3) is 0 Å². The maximum absolute atomic E-state index is 12.8. The van der Waals surface area contributed by atoms with Crippen molar-refractivity contribution in [2.75, 3.05) is 12.8 Å². The summed E-state index contributed by atoms with van der Waals surface area (Å²) in [6.45, 7) is 2.49. The van der Waals surface area contributed by atoms with Crippen LogP contribution >= 0.6 is 0 Å². The molecule has 0 aromatic heterocycles. The molecule has 1 aliphatic rings. The predicted molar refractivity (Wildman–Crippen MR) is 96.1 cm³/mol. The average molecular weight is 373 g/mol. The number of benzene rings is 2. The zero-order chi connectivity index (χ0) is 19.1. The summed E-state index contributed by atoms with van der Waals surface area (Å²) in [7, 11) is -3.42. The molecule has 0 spiro atoms. The van der Waals surface area contributed by atoms with E-state index < -0.39 is 15.8 Å². The Labute approximate surface area is 152 Å². The van der Waals surface area contributed by atoms with Gasteiger partial charge in [0.2, 0.25) is 0 Å². The molecule has 0 aliphatic carbocycles. The molecule has 1 amide bonds. The van der Waals surface area contributed by atoms with Crippen molar-refractivity contribution in [2.24, 2.45) is 0 Å². The van der Waals surface area contributed by atoms with Crippen LogP contribution in [-0.4, -0.2) is 43.1 Å². The van der Waals surface area contributed by atoms with Gasteiger partial charge in [-0.1, -0.05) is 12.1 Å². The molecule has 2 aromatic rings. The Bertz CT molecular complexity index is 1010. The van der Waals surface area contributed by atoms with E-state index in [4.69, 9.17) is 5.11 Å². The summed E-state index contributed by atoms with van der Waals surface area (Å²) in [5, 5.41) is 9.13. The fourth-order valence-corrected chi connectivity index (χ4v) is 4.17. The summed E-state index contributed by atoms with van der Waals surface area (Å²) in [6, 6.07) is 9.61. The van der Waals surface area contributed by atoms with E-state index in [2.05, 4.69) is 0 Å². The van der Waals surface area contributed by atoms with Crippen molar-refractivity contribution in [3.8, 4) is 0 Å². The van der Waals surface area contributed by atoms with Gasteiger partial charge in [-0.05, 0) is 54.3 Å². The number of carbonyl (C=O) groups is 2. The molecule has 1 N–H and O–H groups in total. The number of rotatable bonds is 3. The molecule has 0 atom stereocenters. The number of fused-ring (bicyclic) bond motifs is 1. The van der Waals surface area contributed by atoms with Crippen LogP contribution < -0.4 is 0 Å². The molecule has 2 aromatic carbocycles. The van der Waals surface area contributed by atoms with Gasteiger partial charge in [0.25, 0.3) is 5.91 Å². The topological polar surface area (TPSA) is 91.8 Å². The lowest BCUT2D eigenvalue weighted by Gasteiger charge is -2.29. The fraction of sp³-hybridized carbons (Fsp3) is 0.263. The molecular formula is C19H19NO5S. The van der Waals surface area contributed by atoms with Crippen molar-refractivity contribution in [1.82, 2.24) is 4.90 Å². The van der Waals surface area contributed by atoms with E-state index in [0.717, 1.165) is 17.4 Å². The van der Waals surface area contributed by atoms with Crippen molar-refractivity contribution in [2.45, 2.75) is 24.8 Å². The number of carboxylic acids is 1. The minimum absolute atomic E-state index is 0.147. The van der Waals surface area contributed by atoms with E-state index in [1.54, 1.807) is 42.2 Å². The first kappa shape index (κ1) is 18.1. The standard InChI is InChI=1S/C19H19NO5S/c1-12-3-4-14(10-17(12)26(2,24)25)18(21)20-8-7-13-5-6-15(19(22)23)9-16(13)11-20/h3-6,9-10H,7-8,11H2,1-2H3,(H,22,23).